The van der Waals surface area contributed by atoms with Gasteiger partial charge in [0.25, 0.3) is 0 Å². The standard InChI is InChI=1S/C12H9BrN2O2S/c1-8-2-4-10(5-3-8)18-12-11(15(16)17)6-9(13)7-14-12/h2-7H,1H3. The zero-order chi connectivity index (χ0) is 13.1. The molecule has 1 aromatic carbocycles. The highest BCUT2D eigenvalue weighted by Crippen LogP contribution is 2.34. The van der Waals surface area contributed by atoms with Crippen LogP contribution in [0.15, 0.2) is 50.9 Å². The van der Waals surface area contributed by atoms with E-state index in [4.69, 9.17) is 0 Å². The molecule has 0 radical (unpaired) electrons. The largest absolute Gasteiger partial charge is 0.302 e. The van der Waals surface area contributed by atoms with Crippen LogP contribution in [0.2, 0.25) is 0 Å². The monoisotopic (exact) mass is 324 g/mol. The summed E-state index contributed by atoms with van der Waals surface area (Å²) < 4.78 is 0.599. The van der Waals surface area contributed by atoms with Crippen LogP contribution >= 0.6 is 27.7 Å². The van der Waals surface area contributed by atoms with Crippen LogP contribution in [-0.4, -0.2) is 9.91 Å². The highest BCUT2D eigenvalue weighted by molar-refractivity contribution is 9.10. The van der Waals surface area contributed by atoms with Gasteiger partial charge in [0.15, 0.2) is 5.03 Å². The van der Waals surface area contributed by atoms with Gasteiger partial charge < -0.3 is 0 Å². The zero-order valence-electron chi connectivity index (χ0n) is 9.46. The highest BCUT2D eigenvalue weighted by atomic mass is 79.9. The molecule has 2 aromatic rings. The van der Waals surface area contributed by atoms with Gasteiger partial charge in [-0.3, -0.25) is 10.1 Å². The van der Waals surface area contributed by atoms with Gasteiger partial charge in [-0.15, -0.1) is 0 Å². The molecule has 0 aliphatic rings. The summed E-state index contributed by atoms with van der Waals surface area (Å²) in [5, 5.41) is 11.3. The Morgan fingerprint density at radius 3 is 2.61 bits per heavy atom. The van der Waals surface area contributed by atoms with Crippen molar-refractivity contribution in [1.82, 2.24) is 4.98 Å². The topological polar surface area (TPSA) is 56.0 Å². The van der Waals surface area contributed by atoms with Gasteiger partial charge in [-0.25, -0.2) is 4.98 Å². The molecule has 92 valence electrons. The maximum Gasteiger partial charge on any atom is 0.302 e. The number of hydrogen-bond donors (Lipinski definition) is 0. The fraction of sp³-hybridized carbons (Fsp3) is 0.0833. The van der Waals surface area contributed by atoms with Crippen molar-refractivity contribution in [2.75, 3.05) is 0 Å². The first-order chi connectivity index (χ1) is 8.56. The third kappa shape index (κ3) is 3.08. The summed E-state index contributed by atoms with van der Waals surface area (Å²) >= 11 is 4.47. The number of benzene rings is 1. The van der Waals surface area contributed by atoms with Crippen molar-refractivity contribution in [3.05, 3.63) is 56.7 Å². The third-order valence-electron chi connectivity index (χ3n) is 2.23. The molecule has 1 heterocycles. The van der Waals surface area contributed by atoms with E-state index < -0.39 is 4.92 Å². The first-order valence-electron chi connectivity index (χ1n) is 5.11. The van der Waals surface area contributed by atoms with Crippen LogP contribution in [0.25, 0.3) is 0 Å². The molecule has 6 heteroatoms. The van der Waals surface area contributed by atoms with E-state index in [1.807, 2.05) is 31.2 Å². The smallest absolute Gasteiger partial charge is 0.258 e. The third-order valence-corrected chi connectivity index (χ3v) is 3.68. The SMILES string of the molecule is Cc1ccc(Sc2ncc(Br)cc2[N+](=O)[O-])cc1. The lowest BCUT2D eigenvalue weighted by Gasteiger charge is -2.03. The minimum atomic E-state index is -0.422. The van der Waals surface area contributed by atoms with Crippen LogP contribution in [0.5, 0.6) is 0 Å². The highest BCUT2D eigenvalue weighted by Gasteiger charge is 2.16. The van der Waals surface area contributed by atoms with E-state index >= 15 is 0 Å². The fourth-order valence-electron chi connectivity index (χ4n) is 1.34. The van der Waals surface area contributed by atoms with E-state index in [0.717, 1.165) is 10.5 Å². The normalized spacial score (nSPS) is 10.3. The molecule has 0 bridgehead atoms. The molecule has 1 aromatic heterocycles. The Morgan fingerprint density at radius 1 is 1.33 bits per heavy atom. The summed E-state index contributed by atoms with van der Waals surface area (Å²) in [6.07, 6.45) is 1.56. The zero-order valence-corrected chi connectivity index (χ0v) is 11.9. The molecule has 0 N–H and O–H groups in total. The summed E-state index contributed by atoms with van der Waals surface area (Å²) in [5.41, 5.74) is 1.16. The van der Waals surface area contributed by atoms with E-state index in [9.17, 15) is 10.1 Å². The first-order valence-corrected chi connectivity index (χ1v) is 6.71. The summed E-state index contributed by atoms with van der Waals surface area (Å²) in [7, 11) is 0. The molecule has 0 atom stereocenters. The number of aryl methyl sites for hydroxylation is 1. The number of rotatable bonds is 3. The minimum absolute atomic E-state index is 0.00921. The number of pyridine rings is 1. The number of nitro groups is 1. The molecule has 4 nitrogen and oxygen atoms in total. The second-order valence-corrected chi connectivity index (χ2v) is 5.63. The minimum Gasteiger partial charge on any atom is -0.258 e. The number of nitrogens with zero attached hydrogens (tertiary/aromatic N) is 2. The van der Waals surface area contributed by atoms with Gasteiger partial charge in [0.2, 0.25) is 0 Å². The molecule has 0 amide bonds. The number of hydrogen-bond acceptors (Lipinski definition) is 4. The second kappa shape index (κ2) is 5.49. The lowest BCUT2D eigenvalue weighted by molar-refractivity contribution is -0.388. The Bertz CT molecular complexity index is 587. The van der Waals surface area contributed by atoms with Crippen LogP contribution in [-0.2, 0) is 0 Å². The van der Waals surface area contributed by atoms with E-state index in [1.54, 1.807) is 6.20 Å². The average Bonchev–Trinajstić information content (AvgIpc) is 2.34. The predicted octanol–water partition coefficient (Wildman–Crippen LogP) is 4.21. The van der Waals surface area contributed by atoms with Gasteiger partial charge in [-0.2, -0.15) is 0 Å². The molecule has 0 aliphatic heterocycles. The lowest BCUT2D eigenvalue weighted by atomic mass is 10.2. The summed E-state index contributed by atoms with van der Waals surface area (Å²) in [6, 6.07) is 9.24. The summed E-state index contributed by atoms with van der Waals surface area (Å²) in [6.45, 7) is 1.99. The van der Waals surface area contributed by atoms with Gasteiger partial charge in [-0.05, 0) is 35.0 Å². The molecular formula is C12H9BrN2O2S. The van der Waals surface area contributed by atoms with E-state index in [1.165, 1.54) is 17.8 Å². The van der Waals surface area contributed by atoms with Crippen LogP contribution in [0.4, 0.5) is 5.69 Å². The Labute approximate surface area is 117 Å². The first kappa shape index (κ1) is 13.0. The summed E-state index contributed by atoms with van der Waals surface area (Å²) in [4.78, 5) is 15.5. The van der Waals surface area contributed by atoms with E-state index in [0.29, 0.717) is 9.50 Å². The molecule has 0 saturated carbocycles. The van der Waals surface area contributed by atoms with Gasteiger partial charge in [0.05, 0.1) is 4.92 Å². The molecule has 0 aliphatic carbocycles. The van der Waals surface area contributed by atoms with Crippen molar-refractivity contribution in [2.24, 2.45) is 0 Å². The second-order valence-electron chi connectivity index (χ2n) is 3.65. The molecule has 0 fully saturated rings. The van der Waals surface area contributed by atoms with Crippen LogP contribution in [0, 0.1) is 17.0 Å². The number of aromatic nitrogens is 1. The molecule has 2 rings (SSSR count). The maximum absolute atomic E-state index is 10.9. The molecule has 0 spiro atoms. The van der Waals surface area contributed by atoms with E-state index in [-0.39, 0.29) is 5.69 Å². The fourth-order valence-corrected chi connectivity index (χ4v) is 2.50. The van der Waals surface area contributed by atoms with Crippen molar-refractivity contribution in [3.63, 3.8) is 0 Å². The van der Waals surface area contributed by atoms with Crippen molar-refractivity contribution in [1.29, 1.82) is 0 Å². The van der Waals surface area contributed by atoms with Crippen molar-refractivity contribution >= 4 is 33.4 Å². The molecule has 0 saturated heterocycles. The maximum atomic E-state index is 10.9. The predicted molar refractivity (Wildman–Crippen MR) is 73.9 cm³/mol. The molecular weight excluding hydrogens is 316 g/mol. The van der Waals surface area contributed by atoms with Gasteiger partial charge in [0, 0.05) is 21.6 Å². The van der Waals surface area contributed by atoms with E-state index in [2.05, 4.69) is 20.9 Å². The Kier molecular flexibility index (Phi) is 3.98. The lowest BCUT2D eigenvalue weighted by Crippen LogP contribution is -1.93. The van der Waals surface area contributed by atoms with Gasteiger partial charge >= 0.3 is 5.69 Å². The van der Waals surface area contributed by atoms with Crippen molar-refractivity contribution in [3.8, 4) is 0 Å². The quantitative estimate of drug-likeness (QED) is 0.626. The average molecular weight is 325 g/mol. The molecule has 0 unspecified atom stereocenters. The van der Waals surface area contributed by atoms with Crippen LogP contribution < -0.4 is 0 Å². The molecule has 18 heavy (non-hydrogen) atoms. The van der Waals surface area contributed by atoms with Gasteiger partial charge in [-0.1, -0.05) is 29.5 Å². The number of halogens is 1. The van der Waals surface area contributed by atoms with Crippen molar-refractivity contribution in [2.45, 2.75) is 16.8 Å². The Balaban J connectivity index is 2.34. The van der Waals surface area contributed by atoms with Crippen LogP contribution in [0.1, 0.15) is 5.56 Å². The van der Waals surface area contributed by atoms with Gasteiger partial charge in [0.1, 0.15) is 0 Å². The Hall–Kier alpha value is -1.40. The summed E-state index contributed by atoms with van der Waals surface area (Å²) in [5.74, 6) is 0. The van der Waals surface area contributed by atoms with Crippen LogP contribution in [0.3, 0.4) is 0 Å². The Morgan fingerprint density at radius 2 is 2.00 bits per heavy atom. The van der Waals surface area contributed by atoms with Crippen molar-refractivity contribution < 1.29 is 4.92 Å².